The van der Waals surface area contributed by atoms with Crippen molar-refractivity contribution < 1.29 is 43.0 Å². The molecule has 0 aromatic heterocycles. The first-order valence-electron chi connectivity index (χ1n) is 5.47. The third-order valence-corrected chi connectivity index (χ3v) is 3.43. The SMILES string of the molecule is CC1N(CC(=O)O)C=CN1CC(O)(O[P+](=O)O)O[P+](=O)O. The number of β-amino-alcohol motifs (C(OH)–C–C–N with tert-alkyl or cyclic N) is 1. The number of nitrogens with zero attached hydrogens (tertiary/aromatic N) is 2. The molecule has 3 atom stereocenters. The first-order valence-corrected chi connectivity index (χ1v) is 7.73. The van der Waals surface area contributed by atoms with Crippen LogP contribution in [0.2, 0.25) is 0 Å². The maximum atomic E-state index is 10.6. The van der Waals surface area contributed by atoms with Crippen LogP contribution in [0.5, 0.6) is 0 Å². The van der Waals surface area contributed by atoms with E-state index in [0.717, 1.165) is 0 Å². The first kappa shape index (κ1) is 17.9. The van der Waals surface area contributed by atoms with Gasteiger partial charge in [-0.1, -0.05) is 0 Å². The standard InChI is InChI=1S/C8H12N2O9P2/c1-6-9(4-7(11)12)2-3-10(6)5-8(13,18-20(14)15)19-21(16)17/h2-3,6,13H,4-5H2,1H3,(H-2,11,12,14,15,16,17)/p+2. The molecule has 0 saturated heterocycles. The molecule has 4 N–H and O–H groups in total. The van der Waals surface area contributed by atoms with E-state index in [0.29, 0.717) is 0 Å². The van der Waals surface area contributed by atoms with Crippen LogP contribution in [-0.2, 0) is 23.0 Å². The molecule has 0 spiro atoms. The van der Waals surface area contributed by atoms with Gasteiger partial charge in [0.05, 0.1) is 6.17 Å². The van der Waals surface area contributed by atoms with Gasteiger partial charge in [-0.3, -0.25) is 4.79 Å². The minimum absolute atomic E-state index is 0.309. The highest BCUT2D eigenvalue weighted by Gasteiger charge is 2.50. The van der Waals surface area contributed by atoms with Gasteiger partial charge in [-0.25, -0.2) is 0 Å². The third kappa shape index (κ3) is 5.60. The Morgan fingerprint density at radius 2 is 1.71 bits per heavy atom. The smallest absolute Gasteiger partial charge is 0.480 e. The van der Waals surface area contributed by atoms with Gasteiger partial charge in [0.2, 0.25) is 0 Å². The first-order chi connectivity index (χ1) is 9.63. The Morgan fingerprint density at radius 1 is 1.24 bits per heavy atom. The molecule has 0 radical (unpaired) electrons. The molecule has 0 aromatic carbocycles. The highest BCUT2D eigenvalue weighted by atomic mass is 31.1. The van der Waals surface area contributed by atoms with Crippen molar-refractivity contribution in [3.05, 3.63) is 12.4 Å². The Balaban J connectivity index is 2.76. The number of rotatable bonds is 8. The molecule has 118 valence electrons. The van der Waals surface area contributed by atoms with Crippen molar-refractivity contribution in [2.24, 2.45) is 0 Å². The van der Waals surface area contributed by atoms with E-state index >= 15 is 0 Å². The molecule has 0 aliphatic carbocycles. The highest BCUT2D eigenvalue weighted by molar-refractivity contribution is 7.33. The van der Waals surface area contributed by atoms with Crippen molar-refractivity contribution in [3.8, 4) is 0 Å². The summed E-state index contributed by atoms with van der Waals surface area (Å²) in [6.45, 7) is 0.683. The zero-order valence-corrected chi connectivity index (χ0v) is 12.6. The Labute approximate surface area is 120 Å². The van der Waals surface area contributed by atoms with E-state index in [4.69, 9.17) is 14.9 Å². The van der Waals surface area contributed by atoms with Crippen molar-refractivity contribution in [2.75, 3.05) is 13.1 Å². The van der Waals surface area contributed by atoms with Gasteiger partial charge in [-0.2, -0.15) is 0 Å². The van der Waals surface area contributed by atoms with E-state index in [1.165, 1.54) is 22.2 Å². The number of carboxylic acids is 1. The number of aliphatic carboxylic acids is 1. The van der Waals surface area contributed by atoms with Crippen LogP contribution >= 0.6 is 16.5 Å². The van der Waals surface area contributed by atoms with E-state index in [1.54, 1.807) is 6.92 Å². The number of carbonyl (C=O) groups is 1. The zero-order valence-electron chi connectivity index (χ0n) is 10.8. The summed E-state index contributed by atoms with van der Waals surface area (Å²) >= 11 is 0. The molecular formula is C8H14N2O9P2+2. The van der Waals surface area contributed by atoms with Gasteiger partial charge in [0.1, 0.15) is 13.1 Å². The molecule has 1 aliphatic rings. The summed E-state index contributed by atoms with van der Waals surface area (Å²) in [5.74, 6) is -3.88. The summed E-state index contributed by atoms with van der Waals surface area (Å²) < 4.78 is 29.7. The second kappa shape index (κ2) is 7.19. The Bertz CT molecular complexity index is 455. The monoisotopic (exact) mass is 344 g/mol. The van der Waals surface area contributed by atoms with E-state index in [-0.39, 0.29) is 6.54 Å². The van der Waals surface area contributed by atoms with Crippen LogP contribution in [0, 0.1) is 0 Å². The molecule has 1 aliphatic heterocycles. The van der Waals surface area contributed by atoms with Crippen molar-refractivity contribution in [3.63, 3.8) is 0 Å². The predicted octanol–water partition coefficient (Wildman–Crippen LogP) is -0.515. The topological polar surface area (TPSA) is 157 Å². The molecule has 0 fully saturated rings. The summed E-state index contributed by atoms with van der Waals surface area (Å²) in [6.07, 6.45) is 2.24. The quantitative estimate of drug-likeness (QED) is 0.332. The lowest BCUT2D eigenvalue weighted by Gasteiger charge is -2.30. The average molecular weight is 344 g/mol. The lowest BCUT2D eigenvalue weighted by molar-refractivity contribution is -0.280. The average Bonchev–Trinajstić information content (AvgIpc) is 2.57. The fourth-order valence-electron chi connectivity index (χ4n) is 1.69. The maximum absolute atomic E-state index is 10.6. The summed E-state index contributed by atoms with van der Waals surface area (Å²) in [5, 5.41) is 18.6. The summed E-state index contributed by atoms with van der Waals surface area (Å²) in [4.78, 5) is 30.7. The summed E-state index contributed by atoms with van der Waals surface area (Å²) in [7, 11) is -6.60. The number of hydrogen-bond donors (Lipinski definition) is 4. The lowest BCUT2D eigenvalue weighted by atomic mass is 10.4. The number of carboxylic acid groups (broad SMARTS) is 1. The molecule has 0 bridgehead atoms. The van der Waals surface area contributed by atoms with Gasteiger partial charge < -0.3 is 20.0 Å². The molecule has 0 aromatic rings. The van der Waals surface area contributed by atoms with Crippen LogP contribution < -0.4 is 0 Å². The van der Waals surface area contributed by atoms with Gasteiger partial charge in [0.15, 0.2) is 0 Å². The molecule has 0 saturated carbocycles. The Hall–Kier alpha value is -1.19. The molecule has 13 heteroatoms. The Morgan fingerprint density at radius 3 is 2.14 bits per heavy atom. The van der Waals surface area contributed by atoms with Crippen molar-refractivity contribution in [2.45, 2.75) is 19.1 Å². The van der Waals surface area contributed by atoms with Crippen LogP contribution in [0.3, 0.4) is 0 Å². The Kier molecular flexibility index (Phi) is 6.11. The normalized spacial score (nSPS) is 22.2. The fraction of sp³-hybridized carbons (Fsp3) is 0.625. The molecule has 3 unspecified atom stereocenters. The third-order valence-electron chi connectivity index (χ3n) is 2.55. The zero-order chi connectivity index (χ0) is 16.2. The number of aliphatic hydroxyl groups is 1. The molecular weight excluding hydrogens is 330 g/mol. The molecule has 1 rings (SSSR count). The minimum atomic E-state index is -3.30. The van der Waals surface area contributed by atoms with Crippen molar-refractivity contribution >= 4 is 22.5 Å². The van der Waals surface area contributed by atoms with Crippen LogP contribution in [0.15, 0.2) is 12.4 Å². The number of hydrogen-bond acceptors (Lipinski definition) is 8. The lowest BCUT2D eigenvalue weighted by Crippen LogP contribution is -2.48. The van der Waals surface area contributed by atoms with Crippen molar-refractivity contribution in [1.29, 1.82) is 0 Å². The van der Waals surface area contributed by atoms with Crippen molar-refractivity contribution in [1.82, 2.24) is 9.80 Å². The minimum Gasteiger partial charge on any atom is -0.480 e. The largest absolute Gasteiger partial charge is 0.700 e. The molecule has 11 nitrogen and oxygen atoms in total. The second-order valence-electron chi connectivity index (χ2n) is 4.04. The van der Waals surface area contributed by atoms with E-state index < -0.39 is 41.2 Å². The fourth-order valence-corrected chi connectivity index (χ4v) is 2.42. The van der Waals surface area contributed by atoms with Crippen LogP contribution in [0.4, 0.5) is 0 Å². The van der Waals surface area contributed by atoms with Crippen LogP contribution in [-0.4, -0.2) is 61.0 Å². The highest BCUT2D eigenvalue weighted by Crippen LogP contribution is 2.34. The molecule has 1 heterocycles. The van der Waals surface area contributed by atoms with Gasteiger partial charge >= 0.3 is 28.5 Å². The predicted molar refractivity (Wildman–Crippen MR) is 66.4 cm³/mol. The van der Waals surface area contributed by atoms with Gasteiger partial charge in [0.25, 0.3) is 0 Å². The van der Waals surface area contributed by atoms with Gasteiger partial charge in [-0.05, 0) is 16.0 Å². The van der Waals surface area contributed by atoms with Crippen LogP contribution in [0.25, 0.3) is 0 Å². The summed E-state index contributed by atoms with van der Waals surface area (Å²) in [5.41, 5.74) is 0. The van der Waals surface area contributed by atoms with E-state index in [9.17, 15) is 19.0 Å². The molecule has 0 amide bonds. The van der Waals surface area contributed by atoms with Gasteiger partial charge in [-0.15, -0.1) is 9.79 Å². The van der Waals surface area contributed by atoms with Gasteiger partial charge in [0, 0.05) is 21.5 Å². The van der Waals surface area contributed by atoms with E-state index in [2.05, 4.69) is 9.05 Å². The van der Waals surface area contributed by atoms with E-state index in [1.807, 2.05) is 0 Å². The maximum Gasteiger partial charge on any atom is 0.700 e. The molecule has 21 heavy (non-hydrogen) atoms. The second-order valence-corrected chi connectivity index (χ2v) is 5.36. The summed E-state index contributed by atoms with van der Waals surface area (Å²) in [6, 6.07) is 0. The van der Waals surface area contributed by atoms with Crippen LogP contribution in [0.1, 0.15) is 6.92 Å².